The first-order valence-corrected chi connectivity index (χ1v) is 10.7. The number of nitrogens with one attached hydrogen (secondary N) is 1. The SMILES string of the molecule is Cc1nc2cccnc2n1-c1cc(C(=O)NC2CCS(=O)(=O)C2)ccc1Cl. The molecule has 2 aromatic heterocycles. The van der Waals surface area contributed by atoms with E-state index < -0.39 is 9.84 Å². The third-order valence-electron chi connectivity index (χ3n) is 4.60. The predicted molar refractivity (Wildman–Crippen MR) is 103 cm³/mol. The van der Waals surface area contributed by atoms with Gasteiger partial charge in [0.2, 0.25) is 0 Å². The molecule has 9 heteroatoms. The van der Waals surface area contributed by atoms with E-state index in [1.165, 1.54) is 0 Å². The summed E-state index contributed by atoms with van der Waals surface area (Å²) >= 11 is 6.38. The Balaban J connectivity index is 1.69. The number of pyridine rings is 1. The maximum absolute atomic E-state index is 12.6. The molecule has 1 unspecified atom stereocenters. The molecule has 140 valence electrons. The van der Waals surface area contributed by atoms with Crippen molar-refractivity contribution in [1.82, 2.24) is 19.9 Å². The Morgan fingerprint density at radius 1 is 1.33 bits per heavy atom. The van der Waals surface area contributed by atoms with Crippen molar-refractivity contribution in [2.45, 2.75) is 19.4 Å². The van der Waals surface area contributed by atoms with Crippen LogP contribution in [0.3, 0.4) is 0 Å². The van der Waals surface area contributed by atoms with Gasteiger partial charge in [0.15, 0.2) is 15.5 Å². The highest BCUT2D eigenvalue weighted by molar-refractivity contribution is 7.91. The number of sulfone groups is 1. The summed E-state index contributed by atoms with van der Waals surface area (Å²) < 4.78 is 25.0. The molecule has 0 spiro atoms. The first kappa shape index (κ1) is 17.9. The van der Waals surface area contributed by atoms with Crippen LogP contribution in [0.4, 0.5) is 0 Å². The van der Waals surface area contributed by atoms with Crippen molar-refractivity contribution in [3.8, 4) is 5.69 Å². The van der Waals surface area contributed by atoms with E-state index in [1.807, 2.05) is 13.0 Å². The van der Waals surface area contributed by atoms with Gasteiger partial charge in [0.05, 0.1) is 22.2 Å². The van der Waals surface area contributed by atoms with E-state index in [1.54, 1.807) is 35.0 Å². The number of nitrogens with zero attached hydrogens (tertiary/aromatic N) is 3. The number of aromatic nitrogens is 3. The number of carbonyl (C=O) groups excluding carboxylic acids is 1. The number of amides is 1. The highest BCUT2D eigenvalue weighted by Crippen LogP contribution is 2.27. The van der Waals surface area contributed by atoms with Crippen molar-refractivity contribution >= 4 is 38.5 Å². The van der Waals surface area contributed by atoms with Crippen LogP contribution in [-0.2, 0) is 9.84 Å². The lowest BCUT2D eigenvalue weighted by molar-refractivity contribution is 0.0941. The highest BCUT2D eigenvalue weighted by atomic mass is 35.5. The van der Waals surface area contributed by atoms with Gasteiger partial charge >= 0.3 is 0 Å². The highest BCUT2D eigenvalue weighted by Gasteiger charge is 2.29. The van der Waals surface area contributed by atoms with Crippen molar-refractivity contribution in [2.24, 2.45) is 0 Å². The zero-order valence-electron chi connectivity index (χ0n) is 14.5. The van der Waals surface area contributed by atoms with E-state index in [-0.39, 0.29) is 23.5 Å². The Kier molecular flexibility index (Phi) is 4.39. The van der Waals surface area contributed by atoms with Crippen LogP contribution in [0.1, 0.15) is 22.6 Å². The zero-order chi connectivity index (χ0) is 19.2. The fourth-order valence-corrected chi connectivity index (χ4v) is 5.19. The molecule has 4 rings (SSSR count). The minimum absolute atomic E-state index is 0.0195. The number of hydrogen-bond acceptors (Lipinski definition) is 5. The predicted octanol–water partition coefficient (Wildman–Crippen LogP) is 2.30. The summed E-state index contributed by atoms with van der Waals surface area (Å²) in [6.07, 6.45) is 2.11. The molecule has 1 saturated heterocycles. The van der Waals surface area contributed by atoms with Crippen LogP contribution in [0, 0.1) is 6.92 Å². The quantitative estimate of drug-likeness (QED) is 0.722. The lowest BCUT2D eigenvalue weighted by Crippen LogP contribution is -2.35. The Morgan fingerprint density at radius 3 is 2.89 bits per heavy atom. The van der Waals surface area contributed by atoms with Gasteiger partial charge in [-0.1, -0.05) is 11.6 Å². The number of hydrogen-bond donors (Lipinski definition) is 1. The van der Waals surface area contributed by atoms with Gasteiger partial charge < -0.3 is 5.32 Å². The molecule has 3 aromatic rings. The molecule has 1 aromatic carbocycles. The third-order valence-corrected chi connectivity index (χ3v) is 6.69. The van der Waals surface area contributed by atoms with Crippen molar-refractivity contribution < 1.29 is 13.2 Å². The van der Waals surface area contributed by atoms with E-state index in [0.717, 1.165) is 5.52 Å². The second-order valence-electron chi connectivity index (χ2n) is 6.58. The molecule has 0 radical (unpaired) electrons. The van der Waals surface area contributed by atoms with Gasteiger partial charge in [0.1, 0.15) is 11.3 Å². The molecule has 1 atom stereocenters. The lowest BCUT2D eigenvalue weighted by Gasteiger charge is -2.13. The maximum Gasteiger partial charge on any atom is 0.251 e. The van der Waals surface area contributed by atoms with Crippen LogP contribution in [0.2, 0.25) is 5.02 Å². The fraction of sp³-hybridized carbons (Fsp3) is 0.278. The number of rotatable bonds is 3. The van der Waals surface area contributed by atoms with Gasteiger partial charge in [0.25, 0.3) is 5.91 Å². The summed E-state index contributed by atoms with van der Waals surface area (Å²) in [5.74, 6) is 0.458. The summed E-state index contributed by atoms with van der Waals surface area (Å²) in [6.45, 7) is 1.84. The minimum atomic E-state index is -3.06. The molecular weight excluding hydrogens is 388 g/mol. The van der Waals surface area contributed by atoms with Gasteiger partial charge in [-0.25, -0.2) is 18.4 Å². The number of benzene rings is 1. The van der Waals surface area contributed by atoms with Gasteiger partial charge in [-0.3, -0.25) is 9.36 Å². The van der Waals surface area contributed by atoms with Crippen molar-refractivity contribution in [2.75, 3.05) is 11.5 Å². The molecule has 3 heterocycles. The average Bonchev–Trinajstić information content (AvgIpc) is 3.13. The van der Waals surface area contributed by atoms with Crippen LogP contribution in [-0.4, -0.2) is 46.4 Å². The molecule has 0 saturated carbocycles. The molecule has 0 bridgehead atoms. The smallest absolute Gasteiger partial charge is 0.251 e. The van der Waals surface area contributed by atoms with Gasteiger partial charge in [-0.2, -0.15) is 0 Å². The summed E-state index contributed by atoms with van der Waals surface area (Å²) in [7, 11) is -3.06. The topological polar surface area (TPSA) is 93.9 Å². The third kappa shape index (κ3) is 3.42. The van der Waals surface area contributed by atoms with Crippen molar-refractivity contribution in [1.29, 1.82) is 0 Å². The Hall–Kier alpha value is -2.45. The Labute approximate surface area is 161 Å². The molecule has 1 aliphatic rings. The van der Waals surface area contributed by atoms with E-state index in [9.17, 15) is 13.2 Å². The van der Waals surface area contributed by atoms with Crippen LogP contribution in [0.5, 0.6) is 0 Å². The van der Waals surface area contributed by atoms with E-state index in [2.05, 4.69) is 15.3 Å². The molecule has 1 N–H and O–H groups in total. The van der Waals surface area contributed by atoms with Crippen LogP contribution in [0.15, 0.2) is 36.5 Å². The number of aryl methyl sites for hydroxylation is 1. The first-order chi connectivity index (χ1) is 12.8. The Morgan fingerprint density at radius 2 is 2.15 bits per heavy atom. The number of carbonyl (C=O) groups is 1. The number of fused-ring (bicyclic) bond motifs is 1. The first-order valence-electron chi connectivity index (χ1n) is 8.45. The van der Waals surface area contributed by atoms with Gasteiger partial charge in [-0.05, 0) is 43.7 Å². The molecule has 7 nitrogen and oxygen atoms in total. The summed E-state index contributed by atoms with van der Waals surface area (Å²) in [4.78, 5) is 21.5. The Bertz CT molecular complexity index is 1160. The summed E-state index contributed by atoms with van der Waals surface area (Å²) in [6, 6.07) is 8.23. The molecule has 1 amide bonds. The molecule has 27 heavy (non-hydrogen) atoms. The van der Waals surface area contributed by atoms with Crippen LogP contribution >= 0.6 is 11.6 Å². The van der Waals surface area contributed by atoms with Gasteiger partial charge in [-0.15, -0.1) is 0 Å². The van der Waals surface area contributed by atoms with E-state index in [0.29, 0.717) is 34.2 Å². The zero-order valence-corrected chi connectivity index (χ0v) is 16.1. The maximum atomic E-state index is 12.6. The fourth-order valence-electron chi connectivity index (χ4n) is 3.32. The minimum Gasteiger partial charge on any atom is -0.348 e. The van der Waals surface area contributed by atoms with Gasteiger partial charge in [0, 0.05) is 17.8 Å². The molecule has 1 aliphatic heterocycles. The second kappa shape index (κ2) is 6.61. The average molecular weight is 405 g/mol. The molecule has 1 fully saturated rings. The normalized spacial score (nSPS) is 18.7. The van der Waals surface area contributed by atoms with E-state index >= 15 is 0 Å². The molecular formula is C18H17ClN4O3S. The monoisotopic (exact) mass is 404 g/mol. The van der Waals surface area contributed by atoms with Crippen LogP contribution < -0.4 is 5.32 Å². The second-order valence-corrected chi connectivity index (χ2v) is 9.22. The number of halogens is 1. The number of imidazole rings is 1. The van der Waals surface area contributed by atoms with Crippen molar-refractivity contribution in [3.05, 3.63) is 52.9 Å². The standard InChI is InChI=1S/C18H17ClN4O3S/c1-11-21-15-3-2-7-20-17(15)23(11)16-9-12(4-5-14(16)19)18(24)22-13-6-8-27(25,26)10-13/h2-5,7,9,13H,6,8,10H2,1H3,(H,22,24). The largest absolute Gasteiger partial charge is 0.348 e. The van der Waals surface area contributed by atoms with Crippen molar-refractivity contribution in [3.63, 3.8) is 0 Å². The summed E-state index contributed by atoms with van der Waals surface area (Å²) in [5.41, 5.74) is 2.38. The molecule has 0 aliphatic carbocycles. The lowest BCUT2D eigenvalue weighted by atomic mass is 10.1. The summed E-state index contributed by atoms with van der Waals surface area (Å²) in [5, 5.41) is 3.25. The van der Waals surface area contributed by atoms with E-state index in [4.69, 9.17) is 11.6 Å². The van der Waals surface area contributed by atoms with Crippen LogP contribution in [0.25, 0.3) is 16.9 Å².